The van der Waals surface area contributed by atoms with Gasteiger partial charge in [-0.15, -0.1) is 12.4 Å². The van der Waals surface area contributed by atoms with Crippen molar-refractivity contribution in [2.45, 2.75) is 12.2 Å². The van der Waals surface area contributed by atoms with Gasteiger partial charge in [-0.2, -0.15) is 13.2 Å². The molecule has 0 heterocycles. The lowest BCUT2D eigenvalue weighted by atomic mass is 10.0. The summed E-state index contributed by atoms with van der Waals surface area (Å²) in [7, 11) is 0. The highest BCUT2D eigenvalue weighted by atomic mass is 35.5. The number of aromatic hydroxyl groups is 1. The highest BCUT2D eigenvalue weighted by molar-refractivity contribution is 5.88. The number of hydrogen-bond acceptors (Lipinski definition) is 3. The molecular weight excluding hydrogens is 282 g/mol. The summed E-state index contributed by atoms with van der Waals surface area (Å²) in [4.78, 5) is 10.5. The Bertz CT molecular complexity index is 464. The predicted molar refractivity (Wildman–Crippen MR) is 55.3 cm³/mol. The van der Waals surface area contributed by atoms with E-state index in [0.717, 1.165) is 0 Å². The van der Waals surface area contributed by atoms with Crippen LogP contribution in [0.25, 0.3) is 0 Å². The topological polar surface area (TPSA) is 83.6 Å². The molecule has 18 heavy (non-hydrogen) atoms. The predicted octanol–water partition coefficient (Wildman–Crippen LogP) is 2.21. The zero-order chi connectivity index (χ0) is 13.4. The largest absolute Gasteiger partial charge is 0.505 e. The van der Waals surface area contributed by atoms with E-state index in [1.54, 1.807) is 0 Å². The fourth-order valence-corrected chi connectivity index (χ4v) is 1.16. The Morgan fingerprint density at radius 1 is 1.33 bits per heavy atom. The van der Waals surface area contributed by atoms with Gasteiger partial charge in [0.2, 0.25) is 0 Å². The quantitative estimate of drug-likeness (QED) is 0.729. The van der Waals surface area contributed by atoms with Crippen molar-refractivity contribution in [2.75, 3.05) is 0 Å². The average molecular weight is 290 g/mol. The second kappa shape index (κ2) is 5.40. The lowest BCUT2D eigenvalue weighted by Crippen LogP contribution is -2.29. The first-order valence-electron chi connectivity index (χ1n) is 4.22. The number of benzene rings is 1. The van der Waals surface area contributed by atoms with E-state index < -0.39 is 40.9 Å². The van der Waals surface area contributed by atoms with E-state index in [1.807, 2.05) is 0 Å². The monoisotopic (exact) mass is 289 g/mol. The smallest absolute Gasteiger partial charge is 0.407 e. The van der Waals surface area contributed by atoms with E-state index >= 15 is 0 Å². The van der Waals surface area contributed by atoms with Gasteiger partial charge in [0.15, 0.2) is 11.6 Å². The molecule has 4 nitrogen and oxygen atoms in total. The Morgan fingerprint density at radius 2 is 1.83 bits per heavy atom. The summed E-state index contributed by atoms with van der Waals surface area (Å²) in [5, 5.41) is 17.6. The Morgan fingerprint density at radius 3 is 2.22 bits per heavy atom. The van der Waals surface area contributed by atoms with Gasteiger partial charge < -0.3 is 15.9 Å². The van der Waals surface area contributed by atoms with Crippen LogP contribution in [0.15, 0.2) is 12.1 Å². The van der Waals surface area contributed by atoms with Crippen molar-refractivity contribution >= 4 is 18.4 Å². The fourth-order valence-electron chi connectivity index (χ4n) is 1.16. The maximum atomic E-state index is 13.0. The van der Waals surface area contributed by atoms with Crippen LogP contribution < -0.4 is 5.73 Å². The van der Waals surface area contributed by atoms with Crippen LogP contribution in [0.5, 0.6) is 5.75 Å². The van der Waals surface area contributed by atoms with Crippen LogP contribution in [0, 0.1) is 5.82 Å². The van der Waals surface area contributed by atoms with Crippen molar-refractivity contribution < 1.29 is 32.6 Å². The molecular formula is C9H8ClF4NO3. The fraction of sp³-hybridized carbons (Fsp3) is 0.222. The maximum absolute atomic E-state index is 13.0. The van der Waals surface area contributed by atoms with Crippen molar-refractivity contribution in [3.8, 4) is 5.75 Å². The van der Waals surface area contributed by atoms with Gasteiger partial charge in [-0.05, 0) is 12.1 Å². The van der Waals surface area contributed by atoms with Gasteiger partial charge in [0.05, 0.1) is 5.56 Å². The van der Waals surface area contributed by atoms with Gasteiger partial charge in [-0.25, -0.2) is 9.18 Å². The lowest BCUT2D eigenvalue weighted by molar-refractivity contribution is -0.149. The number of carboxylic acids is 1. The first-order valence-corrected chi connectivity index (χ1v) is 4.22. The molecule has 0 bridgehead atoms. The molecule has 0 unspecified atom stereocenters. The van der Waals surface area contributed by atoms with Crippen molar-refractivity contribution in [1.29, 1.82) is 0 Å². The number of halogens is 5. The molecule has 4 N–H and O–H groups in total. The van der Waals surface area contributed by atoms with Crippen LogP contribution in [0.3, 0.4) is 0 Å². The molecule has 1 rings (SSSR count). The lowest BCUT2D eigenvalue weighted by Gasteiger charge is -2.17. The van der Waals surface area contributed by atoms with E-state index in [2.05, 4.69) is 0 Å². The number of hydrogen-bond donors (Lipinski definition) is 3. The van der Waals surface area contributed by atoms with Crippen molar-refractivity contribution in [3.05, 3.63) is 29.1 Å². The summed E-state index contributed by atoms with van der Waals surface area (Å²) in [5.74, 6) is -4.40. The summed E-state index contributed by atoms with van der Waals surface area (Å²) < 4.78 is 49.8. The Labute approximate surface area is 104 Å². The minimum Gasteiger partial charge on any atom is -0.505 e. The number of alkyl halides is 3. The van der Waals surface area contributed by atoms with Crippen LogP contribution in [0.2, 0.25) is 0 Å². The third kappa shape index (κ3) is 3.23. The van der Waals surface area contributed by atoms with Crippen molar-refractivity contribution in [3.63, 3.8) is 0 Å². The van der Waals surface area contributed by atoms with E-state index in [4.69, 9.17) is 15.9 Å². The standard InChI is InChI=1S/C9H7F4NO3.ClH/c10-5-2-3(8(16)17)1-4(6(5)15)7(14)9(11,12)13;/h1-2,7,15H,14H2,(H,16,17);1H/t7-;/m0./s1. The highest BCUT2D eigenvalue weighted by Gasteiger charge is 2.40. The Hall–Kier alpha value is -1.54. The first kappa shape index (κ1) is 16.5. The minimum absolute atomic E-state index is 0. The van der Waals surface area contributed by atoms with Crippen molar-refractivity contribution in [2.24, 2.45) is 5.73 Å². The summed E-state index contributed by atoms with van der Waals surface area (Å²) >= 11 is 0. The second-order valence-corrected chi connectivity index (χ2v) is 3.22. The first-order chi connectivity index (χ1) is 7.64. The molecule has 0 aliphatic rings. The summed E-state index contributed by atoms with van der Waals surface area (Å²) in [6.45, 7) is 0. The molecule has 0 aliphatic carbocycles. The van der Waals surface area contributed by atoms with Crippen LogP contribution in [0.4, 0.5) is 17.6 Å². The van der Waals surface area contributed by atoms with E-state index in [-0.39, 0.29) is 12.4 Å². The number of rotatable bonds is 2. The summed E-state index contributed by atoms with van der Waals surface area (Å²) in [6.07, 6.45) is -4.92. The van der Waals surface area contributed by atoms with Gasteiger partial charge in [-0.3, -0.25) is 0 Å². The van der Waals surface area contributed by atoms with E-state index in [0.29, 0.717) is 12.1 Å². The van der Waals surface area contributed by atoms with Crippen LogP contribution in [-0.2, 0) is 0 Å². The number of nitrogens with two attached hydrogens (primary N) is 1. The molecule has 0 saturated carbocycles. The minimum atomic E-state index is -4.92. The zero-order valence-electron chi connectivity index (χ0n) is 8.53. The number of phenols is 1. The number of phenolic OH excluding ortho intramolecular Hbond substituents is 1. The highest BCUT2D eigenvalue weighted by Crippen LogP contribution is 2.36. The molecule has 0 radical (unpaired) electrons. The maximum Gasteiger partial charge on any atom is 0.407 e. The Balaban J connectivity index is 0.00000289. The third-order valence-corrected chi connectivity index (χ3v) is 2.03. The molecule has 0 aliphatic heterocycles. The average Bonchev–Trinajstić information content (AvgIpc) is 2.19. The van der Waals surface area contributed by atoms with Crippen LogP contribution in [-0.4, -0.2) is 22.4 Å². The number of carbonyl (C=O) groups is 1. The molecule has 0 aromatic heterocycles. The van der Waals surface area contributed by atoms with Gasteiger partial charge in [-0.1, -0.05) is 0 Å². The molecule has 102 valence electrons. The summed E-state index contributed by atoms with van der Waals surface area (Å²) in [5.41, 5.74) is 3.02. The second-order valence-electron chi connectivity index (χ2n) is 3.22. The van der Waals surface area contributed by atoms with E-state index in [9.17, 15) is 22.4 Å². The molecule has 0 fully saturated rings. The molecule has 0 amide bonds. The molecule has 0 saturated heterocycles. The van der Waals surface area contributed by atoms with Crippen molar-refractivity contribution in [1.82, 2.24) is 0 Å². The van der Waals surface area contributed by atoms with E-state index in [1.165, 1.54) is 0 Å². The zero-order valence-corrected chi connectivity index (χ0v) is 9.35. The molecule has 0 spiro atoms. The third-order valence-electron chi connectivity index (χ3n) is 2.03. The van der Waals surface area contributed by atoms with Gasteiger partial charge in [0.25, 0.3) is 0 Å². The van der Waals surface area contributed by atoms with Gasteiger partial charge >= 0.3 is 12.1 Å². The van der Waals surface area contributed by atoms with Crippen LogP contribution in [0.1, 0.15) is 22.0 Å². The number of aromatic carboxylic acids is 1. The Kier molecular flexibility index (Phi) is 4.94. The molecule has 1 aromatic carbocycles. The molecule has 9 heteroatoms. The summed E-state index contributed by atoms with van der Waals surface area (Å²) in [6, 6.07) is -1.76. The van der Waals surface area contributed by atoms with Gasteiger partial charge in [0.1, 0.15) is 6.04 Å². The van der Waals surface area contributed by atoms with Gasteiger partial charge in [0, 0.05) is 5.56 Å². The molecule has 1 aromatic rings. The SMILES string of the molecule is Cl.N[C@@H](c1cc(C(=O)O)cc(F)c1O)C(F)(F)F. The molecule has 1 atom stereocenters. The number of carboxylic acid groups (broad SMARTS) is 1. The normalized spacial score (nSPS) is 12.7. The van der Waals surface area contributed by atoms with Crippen LogP contribution >= 0.6 is 12.4 Å².